The van der Waals surface area contributed by atoms with E-state index in [9.17, 15) is 30.8 Å². The van der Waals surface area contributed by atoms with Gasteiger partial charge in [-0.3, -0.25) is 4.79 Å². The molecule has 0 unspecified atom stereocenters. The predicted molar refractivity (Wildman–Crippen MR) is 106 cm³/mol. The Hall–Kier alpha value is -2.50. The van der Waals surface area contributed by atoms with Gasteiger partial charge in [0.05, 0.1) is 36.6 Å². The van der Waals surface area contributed by atoms with Crippen molar-refractivity contribution >= 4 is 21.6 Å². The average Bonchev–Trinajstić information content (AvgIpc) is 2.70. The molecule has 6 nitrogen and oxygen atoms in total. The van der Waals surface area contributed by atoms with Gasteiger partial charge >= 0.3 is 6.18 Å². The van der Waals surface area contributed by atoms with Crippen LogP contribution in [0.5, 0.6) is 0 Å². The highest BCUT2D eigenvalue weighted by atomic mass is 32.2. The number of quaternary nitrogens is 1. The van der Waals surface area contributed by atoms with E-state index in [4.69, 9.17) is 0 Å². The molecule has 168 valence electrons. The van der Waals surface area contributed by atoms with Crippen LogP contribution >= 0.6 is 0 Å². The third-order valence-corrected chi connectivity index (χ3v) is 7.06. The van der Waals surface area contributed by atoms with Crippen molar-refractivity contribution < 1.29 is 35.7 Å². The molecule has 2 aromatic rings. The molecule has 1 saturated heterocycles. The van der Waals surface area contributed by atoms with Crippen molar-refractivity contribution in [3.63, 3.8) is 0 Å². The molecule has 1 heterocycles. The molecular formula is C20H22F4N3O3S+. The zero-order valence-corrected chi connectivity index (χ0v) is 17.5. The Morgan fingerprint density at radius 3 is 2.39 bits per heavy atom. The van der Waals surface area contributed by atoms with Crippen LogP contribution in [0.3, 0.4) is 0 Å². The Balaban J connectivity index is 1.61. The first kappa shape index (κ1) is 23.2. The second-order valence-electron chi connectivity index (χ2n) is 7.34. The topological polar surface area (TPSA) is 70.9 Å². The maximum atomic E-state index is 13.6. The van der Waals surface area contributed by atoms with Gasteiger partial charge in [0.25, 0.3) is 5.91 Å². The van der Waals surface area contributed by atoms with E-state index in [1.54, 1.807) is 19.1 Å². The van der Waals surface area contributed by atoms with Crippen LogP contribution in [0.2, 0.25) is 0 Å². The molecule has 0 saturated carbocycles. The fraction of sp³-hybridized carbons (Fsp3) is 0.350. The second-order valence-corrected chi connectivity index (χ2v) is 9.24. The number of sulfonamides is 1. The van der Waals surface area contributed by atoms with E-state index in [2.05, 4.69) is 5.32 Å². The maximum absolute atomic E-state index is 13.6. The predicted octanol–water partition coefficient (Wildman–Crippen LogP) is 1.68. The van der Waals surface area contributed by atoms with Crippen molar-refractivity contribution in [2.75, 3.05) is 38.0 Å². The number of nitrogens with zero attached hydrogens (tertiary/aromatic N) is 1. The molecule has 1 aliphatic heterocycles. The van der Waals surface area contributed by atoms with E-state index in [1.807, 2.05) is 0 Å². The Morgan fingerprint density at radius 2 is 1.77 bits per heavy atom. The lowest BCUT2D eigenvalue weighted by molar-refractivity contribution is -0.895. The van der Waals surface area contributed by atoms with Crippen LogP contribution in [-0.4, -0.2) is 51.4 Å². The van der Waals surface area contributed by atoms with Gasteiger partial charge in [-0.15, -0.1) is 0 Å². The van der Waals surface area contributed by atoms with Crippen molar-refractivity contribution in [2.45, 2.75) is 18.0 Å². The number of nitrogens with one attached hydrogen (secondary N) is 2. The number of amides is 1. The van der Waals surface area contributed by atoms with Crippen LogP contribution in [0.25, 0.3) is 0 Å². The Kier molecular flexibility index (Phi) is 6.68. The summed E-state index contributed by atoms with van der Waals surface area (Å²) in [5, 5.41) is 2.59. The summed E-state index contributed by atoms with van der Waals surface area (Å²) in [6.45, 7) is 2.10. The number of carbonyl (C=O) groups is 1. The van der Waals surface area contributed by atoms with E-state index in [0.717, 1.165) is 27.4 Å². The molecule has 1 amide bonds. The zero-order valence-electron chi connectivity index (χ0n) is 16.7. The first-order chi connectivity index (χ1) is 14.5. The van der Waals surface area contributed by atoms with Gasteiger partial charge in [0.1, 0.15) is 5.82 Å². The minimum absolute atomic E-state index is 0.0176. The highest BCUT2D eigenvalue weighted by Crippen LogP contribution is 2.35. The van der Waals surface area contributed by atoms with E-state index in [0.29, 0.717) is 11.3 Å². The van der Waals surface area contributed by atoms with Crippen molar-refractivity contribution in [3.05, 3.63) is 59.4 Å². The van der Waals surface area contributed by atoms with Crippen LogP contribution in [0.15, 0.2) is 47.4 Å². The number of hydrogen-bond donors (Lipinski definition) is 2. The van der Waals surface area contributed by atoms with Crippen molar-refractivity contribution in [2.24, 2.45) is 0 Å². The molecule has 0 radical (unpaired) electrons. The second kappa shape index (κ2) is 8.93. The lowest BCUT2D eigenvalue weighted by Gasteiger charge is -2.31. The van der Waals surface area contributed by atoms with E-state index in [1.165, 1.54) is 12.1 Å². The van der Waals surface area contributed by atoms with Crippen LogP contribution in [0, 0.1) is 12.7 Å². The Bertz CT molecular complexity index is 1070. The summed E-state index contributed by atoms with van der Waals surface area (Å²) in [6, 6.07) is 8.42. The largest absolute Gasteiger partial charge is 0.417 e. The summed E-state index contributed by atoms with van der Waals surface area (Å²) in [5.41, 5.74) is -0.431. The number of alkyl halides is 3. The molecule has 31 heavy (non-hydrogen) atoms. The molecule has 11 heteroatoms. The first-order valence-electron chi connectivity index (χ1n) is 9.54. The molecule has 3 rings (SSSR count). The van der Waals surface area contributed by atoms with Gasteiger partial charge in [-0.05, 0) is 36.8 Å². The van der Waals surface area contributed by atoms with Crippen molar-refractivity contribution in [1.29, 1.82) is 0 Å². The minimum Gasteiger partial charge on any atom is -0.325 e. The standard InChI is InChI=1S/C20H21F4N3O3S/c1-14-6-7-15(12-17(14)21)25-19(28)13-26-8-10-27(11-9-26)31(29,30)18-5-3-2-4-16(18)20(22,23)24/h2-7,12H,8-11,13H2,1H3,(H,25,28)/p+1. The van der Waals surface area contributed by atoms with Gasteiger partial charge in [-0.25, -0.2) is 12.8 Å². The van der Waals surface area contributed by atoms with Gasteiger partial charge in [0.15, 0.2) is 6.54 Å². The fourth-order valence-corrected chi connectivity index (χ4v) is 5.04. The van der Waals surface area contributed by atoms with Crippen LogP contribution in [-0.2, 0) is 21.0 Å². The number of rotatable bonds is 5. The first-order valence-corrected chi connectivity index (χ1v) is 11.0. The van der Waals surface area contributed by atoms with Gasteiger partial charge in [0, 0.05) is 5.69 Å². The zero-order chi connectivity index (χ0) is 22.8. The molecule has 2 N–H and O–H groups in total. The Labute approximate surface area is 177 Å². The summed E-state index contributed by atoms with van der Waals surface area (Å²) in [4.78, 5) is 12.2. The van der Waals surface area contributed by atoms with Crippen LogP contribution < -0.4 is 10.2 Å². The number of hydrogen-bond acceptors (Lipinski definition) is 3. The number of carbonyl (C=O) groups excluding carboxylic acids is 1. The number of piperazine rings is 1. The lowest BCUT2D eigenvalue weighted by Crippen LogP contribution is -3.15. The fourth-order valence-electron chi connectivity index (χ4n) is 3.39. The number of anilines is 1. The minimum atomic E-state index is -4.79. The van der Waals surface area contributed by atoms with Crippen LogP contribution in [0.4, 0.5) is 23.2 Å². The molecule has 0 aliphatic carbocycles. The highest BCUT2D eigenvalue weighted by molar-refractivity contribution is 7.89. The number of halogens is 4. The summed E-state index contributed by atoms with van der Waals surface area (Å²) >= 11 is 0. The Morgan fingerprint density at radius 1 is 1.13 bits per heavy atom. The van der Waals surface area contributed by atoms with Crippen molar-refractivity contribution in [3.8, 4) is 0 Å². The quantitative estimate of drug-likeness (QED) is 0.668. The van der Waals surface area contributed by atoms with Crippen molar-refractivity contribution in [1.82, 2.24) is 4.31 Å². The molecule has 0 aromatic heterocycles. The summed E-state index contributed by atoms with van der Waals surface area (Å²) in [7, 11) is -4.33. The SMILES string of the molecule is Cc1ccc(NC(=O)C[NH+]2CCN(S(=O)(=O)c3ccccc3C(F)(F)F)CC2)cc1F. The molecule has 0 bridgehead atoms. The average molecular weight is 460 g/mol. The molecule has 2 aromatic carbocycles. The number of aryl methyl sites for hydroxylation is 1. The van der Waals surface area contributed by atoms with Crippen LogP contribution in [0.1, 0.15) is 11.1 Å². The monoisotopic (exact) mass is 460 g/mol. The summed E-state index contributed by atoms with van der Waals surface area (Å²) < 4.78 is 79.8. The molecule has 1 fully saturated rings. The summed E-state index contributed by atoms with van der Waals surface area (Å²) in [5.74, 6) is -0.805. The third-order valence-electron chi connectivity index (χ3n) is 5.11. The van der Waals surface area contributed by atoms with E-state index >= 15 is 0 Å². The van der Waals surface area contributed by atoms with Gasteiger partial charge in [0.2, 0.25) is 10.0 Å². The van der Waals surface area contributed by atoms with E-state index in [-0.39, 0.29) is 38.6 Å². The third kappa shape index (κ3) is 5.41. The summed E-state index contributed by atoms with van der Waals surface area (Å²) in [6.07, 6.45) is -4.79. The maximum Gasteiger partial charge on any atom is 0.417 e. The van der Waals surface area contributed by atoms with Gasteiger partial charge in [-0.1, -0.05) is 18.2 Å². The molecule has 0 atom stereocenters. The molecular weight excluding hydrogens is 438 g/mol. The molecule has 1 aliphatic rings. The van der Waals surface area contributed by atoms with Gasteiger partial charge < -0.3 is 10.2 Å². The van der Waals surface area contributed by atoms with Gasteiger partial charge in [-0.2, -0.15) is 17.5 Å². The number of benzene rings is 2. The molecule has 0 spiro atoms. The highest BCUT2D eigenvalue weighted by Gasteiger charge is 2.40. The lowest BCUT2D eigenvalue weighted by atomic mass is 10.2. The van der Waals surface area contributed by atoms with E-state index < -0.39 is 32.5 Å². The smallest absolute Gasteiger partial charge is 0.325 e. The normalized spacial score (nSPS) is 16.3.